The van der Waals surface area contributed by atoms with Crippen LogP contribution >= 0.6 is 11.8 Å². The number of nitrogens with zero attached hydrogens (tertiary/aromatic N) is 2. The van der Waals surface area contributed by atoms with Crippen LogP contribution in [0.2, 0.25) is 0 Å². The molecule has 0 saturated heterocycles. The summed E-state index contributed by atoms with van der Waals surface area (Å²) in [6.45, 7) is 1.39. The van der Waals surface area contributed by atoms with E-state index in [-0.39, 0.29) is 16.7 Å². The van der Waals surface area contributed by atoms with E-state index in [0.717, 1.165) is 16.1 Å². The lowest BCUT2D eigenvalue weighted by Gasteiger charge is -2.26. The summed E-state index contributed by atoms with van der Waals surface area (Å²) in [6, 6.07) is 9.19. The second-order valence-electron chi connectivity index (χ2n) is 4.82. The van der Waals surface area contributed by atoms with Crippen LogP contribution < -0.4 is 9.04 Å². The van der Waals surface area contributed by atoms with Gasteiger partial charge in [0.05, 0.1) is 41.7 Å². The smallest absolute Gasteiger partial charge is 0.213 e. The second-order valence-corrected chi connectivity index (χ2v) is 6.77. The Morgan fingerprint density at radius 2 is 1.84 bits per heavy atom. The monoisotopic (exact) mass is 379 g/mol. The lowest BCUT2D eigenvalue weighted by molar-refractivity contribution is -0.109. The Balaban J connectivity index is 2.23. The van der Waals surface area contributed by atoms with Crippen LogP contribution in [0.3, 0.4) is 0 Å². The van der Waals surface area contributed by atoms with Gasteiger partial charge in [0.25, 0.3) is 0 Å². The van der Waals surface area contributed by atoms with Crippen molar-refractivity contribution < 1.29 is 23.1 Å². The molecule has 7 nitrogen and oxygen atoms in total. The van der Waals surface area contributed by atoms with Crippen molar-refractivity contribution in [2.45, 2.75) is 6.92 Å². The minimum atomic E-state index is -2.57. The number of anilines is 2. The molecule has 0 aliphatic heterocycles. The first kappa shape index (κ1) is 19.1. The predicted octanol–water partition coefficient (Wildman–Crippen LogP) is 2.48. The van der Waals surface area contributed by atoms with Gasteiger partial charge in [0.2, 0.25) is 5.88 Å². The van der Waals surface area contributed by atoms with Crippen molar-refractivity contribution in [2.75, 3.05) is 17.2 Å². The summed E-state index contributed by atoms with van der Waals surface area (Å²) < 4.78 is 29.2. The summed E-state index contributed by atoms with van der Waals surface area (Å²) in [6.07, 6.45) is 1.37. The van der Waals surface area contributed by atoms with Crippen molar-refractivity contribution >= 4 is 45.3 Å². The number of hydrogen-bond donors (Lipinski definition) is 0. The molecule has 0 fully saturated rings. The normalized spacial score (nSPS) is 11.6. The molecule has 0 amide bonds. The van der Waals surface area contributed by atoms with E-state index in [1.54, 1.807) is 12.1 Å². The largest absolute Gasteiger partial charge is 0.755 e. The lowest BCUT2D eigenvalue weighted by Crippen LogP contribution is -2.19. The van der Waals surface area contributed by atoms with Crippen LogP contribution in [0.4, 0.5) is 11.4 Å². The third-order valence-corrected chi connectivity index (χ3v) is 4.68. The van der Waals surface area contributed by atoms with E-state index in [1.807, 2.05) is 0 Å². The van der Waals surface area contributed by atoms with Crippen molar-refractivity contribution in [2.24, 2.45) is 0 Å². The number of carbonyl (C=O) groups is 2. The first-order valence-corrected chi connectivity index (χ1v) is 9.10. The molecule has 0 radical (unpaired) electrons. The molecule has 1 unspecified atom stereocenters. The first-order chi connectivity index (χ1) is 11.9. The van der Waals surface area contributed by atoms with Crippen molar-refractivity contribution in [1.29, 1.82) is 0 Å². The Labute approximate surface area is 151 Å². The molecule has 1 heterocycles. The molecule has 1 aromatic heterocycles. The van der Waals surface area contributed by atoms with E-state index < -0.39 is 11.3 Å². The van der Waals surface area contributed by atoms with Crippen LogP contribution in [0.5, 0.6) is 5.88 Å². The van der Waals surface area contributed by atoms with Gasteiger partial charge in [-0.2, -0.15) is 0 Å². The molecule has 0 aliphatic rings. The average molecular weight is 379 g/mol. The van der Waals surface area contributed by atoms with E-state index in [2.05, 4.69) is 4.98 Å². The van der Waals surface area contributed by atoms with E-state index in [9.17, 15) is 18.4 Å². The zero-order valence-electron chi connectivity index (χ0n) is 13.5. The first-order valence-electron chi connectivity index (χ1n) is 7.08. The summed E-state index contributed by atoms with van der Waals surface area (Å²) in [7, 11) is 1.46. The van der Waals surface area contributed by atoms with Gasteiger partial charge in [-0.1, -0.05) is 11.8 Å². The van der Waals surface area contributed by atoms with Crippen LogP contribution in [0, 0.1) is 0 Å². The minimum absolute atomic E-state index is 0.0499. The van der Waals surface area contributed by atoms with Crippen molar-refractivity contribution in [1.82, 2.24) is 4.98 Å². The van der Waals surface area contributed by atoms with Gasteiger partial charge in [-0.25, -0.2) is 4.98 Å². The van der Waals surface area contributed by atoms with Crippen molar-refractivity contribution in [3.63, 3.8) is 0 Å². The highest BCUT2D eigenvalue weighted by molar-refractivity contribution is 8.14. The van der Waals surface area contributed by atoms with E-state index in [1.165, 1.54) is 44.5 Å². The highest BCUT2D eigenvalue weighted by atomic mass is 32.2. The number of hydrogen-bond acceptors (Lipinski definition) is 7. The summed E-state index contributed by atoms with van der Waals surface area (Å²) in [5.74, 6) is 0.214. The number of Topliss-reactive ketones (excluding diaryl/α,β-unsaturated/α-hetero) is 1. The zero-order chi connectivity index (χ0) is 18.4. The molecule has 25 heavy (non-hydrogen) atoms. The summed E-state index contributed by atoms with van der Waals surface area (Å²) in [5, 5.41) is -0.134. The molecule has 1 aromatic carbocycles. The fourth-order valence-electron chi connectivity index (χ4n) is 1.97. The van der Waals surface area contributed by atoms with Crippen molar-refractivity contribution in [3.8, 4) is 5.88 Å². The quantitative estimate of drug-likeness (QED) is 0.538. The molecule has 9 heteroatoms. The molecule has 0 saturated carbocycles. The van der Waals surface area contributed by atoms with Crippen molar-refractivity contribution in [3.05, 3.63) is 48.2 Å². The Morgan fingerprint density at radius 1 is 1.20 bits per heavy atom. The van der Waals surface area contributed by atoms with E-state index in [4.69, 9.17) is 4.74 Å². The van der Waals surface area contributed by atoms with Crippen LogP contribution in [-0.2, 0) is 16.1 Å². The Kier molecular flexibility index (Phi) is 6.68. The number of methoxy groups -OCH3 is 1. The second kappa shape index (κ2) is 8.75. The molecule has 0 bridgehead atoms. The molecule has 0 spiro atoms. The van der Waals surface area contributed by atoms with Gasteiger partial charge in [-0.15, -0.1) is 0 Å². The third kappa shape index (κ3) is 5.12. The molecule has 0 aliphatic carbocycles. The number of carbonyl (C=O) groups excluding carboxylic acids is 2. The van der Waals surface area contributed by atoms with Crippen LogP contribution in [0.25, 0.3) is 0 Å². The number of ether oxygens (including phenoxy) is 1. The lowest BCUT2D eigenvalue weighted by atomic mass is 10.1. The third-order valence-electron chi connectivity index (χ3n) is 3.14. The number of ketones is 1. The molecular weight excluding hydrogens is 364 g/mol. The molecule has 0 N–H and O–H groups in total. The summed E-state index contributed by atoms with van der Waals surface area (Å²) in [5.41, 5.74) is 1.10. The fourth-order valence-corrected chi connectivity index (χ4v) is 3.04. The molecule has 132 valence electrons. The fraction of sp³-hybridized carbons (Fsp3) is 0.188. The molecule has 2 aromatic rings. The van der Waals surface area contributed by atoms with E-state index in [0.29, 0.717) is 22.8 Å². The topological polar surface area (TPSA) is 99.6 Å². The number of aromatic nitrogens is 1. The van der Waals surface area contributed by atoms with Gasteiger partial charge in [-0.3, -0.25) is 18.1 Å². The maximum atomic E-state index is 12.0. The Hall–Kier alpha value is -2.23. The molecule has 1 atom stereocenters. The standard InChI is InChI=1S/C16H16N2O5S2/c1-11(19)24-10-15(20)12-3-5-13(6-4-12)18(25(21)22)14-7-8-16(23-2)17-9-14/h3-9H,10H2,1-2H3,(H,21,22)/p-1. The number of benzene rings is 1. The summed E-state index contributed by atoms with van der Waals surface area (Å²) in [4.78, 5) is 26.9. The highest BCUT2D eigenvalue weighted by Crippen LogP contribution is 2.27. The zero-order valence-corrected chi connectivity index (χ0v) is 15.1. The van der Waals surface area contributed by atoms with Gasteiger partial charge < -0.3 is 9.29 Å². The summed E-state index contributed by atoms with van der Waals surface area (Å²) >= 11 is -1.64. The van der Waals surface area contributed by atoms with Crippen LogP contribution in [0.1, 0.15) is 17.3 Å². The maximum absolute atomic E-state index is 12.0. The maximum Gasteiger partial charge on any atom is 0.213 e. The molecular formula is C16H15N2O5S2-. The van der Waals surface area contributed by atoms with E-state index >= 15 is 0 Å². The molecule has 2 rings (SSSR count). The van der Waals surface area contributed by atoms with Crippen LogP contribution in [0.15, 0.2) is 42.6 Å². The SMILES string of the molecule is COc1ccc(N(c2ccc(C(=O)CSC(C)=O)cc2)S(=O)[O-])cn1. The van der Waals surface area contributed by atoms with Gasteiger partial charge in [0, 0.05) is 18.6 Å². The van der Waals surface area contributed by atoms with Gasteiger partial charge >= 0.3 is 0 Å². The predicted molar refractivity (Wildman–Crippen MR) is 95.8 cm³/mol. The number of rotatable bonds is 7. The van der Waals surface area contributed by atoms with Gasteiger partial charge in [-0.05, 0) is 30.3 Å². The van der Waals surface area contributed by atoms with Crippen LogP contribution in [-0.4, -0.2) is 37.5 Å². The van der Waals surface area contributed by atoms with Gasteiger partial charge in [0.1, 0.15) is 0 Å². The Bertz CT molecular complexity index is 778. The van der Waals surface area contributed by atoms with Gasteiger partial charge in [0.15, 0.2) is 10.9 Å². The number of thioether (sulfide) groups is 1. The minimum Gasteiger partial charge on any atom is -0.755 e. The highest BCUT2D eigenvalue weighted by Gasteiger charge is 2.13. The Morgan fingerprint density at radius 3 is 2.32 bits per heavy atom. The average Bonchev–Trinajstić information content (AvgIpc) is 2.60. The number of pyridine rings is 1.